The molecule has 1 aromatic heterocycles. The van der Waals surface area contributed by atoms with Crippen LogP contribution < -0.4 is 10.5 Å². The molecule has 94 valence electrons. The van der Waals surface area contributed by atoms with Gasteiger partial charge in [-0.05, 0) is 32.9 Å². The van der Waals surface area contributed by atoms with Gasteiger partial charge in [-0.1, -0.05) is 12.1 Å². The number of nitrogens with zero attached hydrogens (tertiary/aromatic N) is 2. The lowest BCUT2D eigenvalue weighted by Crippen LogP contribution is -2.02. The fourth-order valence-electron chi connectivity index (χ4n) is 1.67. The maximum atomic E-state index is 5.87. The normalized spacial score (nSPS) is 10.4. The first kappa shape index (κ1) is 12.4. The predicted octanol–water partition coefficient (Wildman–Crippen LogP) is 2.74. The summed E-state index contributed by atoms with van der Waals surface area (Å²) in [7, 11) is 0. The summed E-state index contributed by atoms with van der Waals surface area (Å²) >= 11 is 0. The summed E-state index contributed by atoms with van der Waals surface area (Å²) in [5, 5.41) is 0. The van der Waals surface area contributed by atoms with E-state index in [4.69, 9.17) is 10.5 Å². The van der Waals surface area contributed by atoms with Gasteiger partial charge in [-0.3, -0.25) is 0 Å². The van der Waals surface area contributed by atoms with Crippen molar-refractivity contribution in [2.24, 2.45) is 0 Å². The molecule has 4 nitrogen and oxygen atoms in total. The largest absolute Gasteiger partial charge is 0.494 e. The molecule has 0 spiro atoms. The van der Waals surface area contributed by atoms with Crippen molar-refractivity contribution in [3.8, 4) is 17.1 Å². The zero-order valence-electron chi connectivity index (χ0n) is 10.9. The highest BCUT2D eigenvalue weighted by atomic mass is 16.5. The van der Waals surface area contributed by atoms with E-state index in [1.54, 1.807) is 0 Å². The Hall–Kier alpha value is -2.10. The van der Waals surface area contributed by atoms with E-state index < -0.39 is 0 Å². The van der Waals surface area contributed by atoms with Crippen LogP contribution in [0.4, 0.5) is 5.82 Å². The molecule has 1 heterocycles. The van der Waals surface area contributed by atoms with Crippen LogP contribution >= 0.6 is 0 Å². The van der Waals surface area contributed by atoms with Crippen LogP contribution in [0.2, 0.25) is 0 Å². The van der Waals surface area contributed by atoms with E-state index in [-0.39, 0.29) is 0 Å². The van der Waals surface area contributed by atoms with Gasteiger partial charge in [0.2, 0.25) is 0 Å². The Morgan fingerprint density at radius 1 is 1.22 bits per heavy atom. The van der Waals surface area contributed by atoms with Gasteiger partial charge in [-0.2, -0.15) is 0 Å². The Morgan fingerprint density at radius 2 is 2.00 bits per heavy atom. The number of nitrogens with two attached hydrogens (primary N) is 1. The third-order valence-corrected chi connectivity index (χ3v) is 2.83. The van der Waals surface area contributed by atoms with Crippen molar-refractivity contribution in [1.29, 1.82) is 0 Å². The number of hydrogen-bond donors (Lipinski definition) is 1. The molecular formula is C14H17N3O. The minimum absolute atomic E-state index is 0.527. The molecule has 2 rings (SSSR count). The van der Waals surface area contributed by atoms with E-state index in [2.05, 4.69) is 9.97 Å². The average molecular weight is 243 g/mol. The number of aryl methyl sites for hydroxylation is 1. The summed E-state index contributed by atoms with van der Waals surface area (Å²) in [6, 6.07) is 7.71. The molecule has 0 saturated heterocycles. The van der Waals surface area contributed by atoms with Gasteiger partial charge in [-0.15, -0.1) is 0 Å². The van der Waals surface area contributed by atoms with E-state index in [0.717, 1.165) is 22.6 Å². The number of anilines is 1. The molecule has 0 atom stereocenters. The minimum Gasteiger partial charge on any atom is -0.494 e. The van der Waals surface area contributed by atoms with Crippen LogP contribution in [0.1, 0.15) is 18.2 Å². The molecule has 0 aliphatic carbocycles. The molecule has 0 fully saturated rings. The highest BCUT2D eigenvalue weighted by Crippen LogP contribution is 2.23. The molecule has 0 unspecified atom stereocenters. The highest BCUT2D eigenvalue weighted by molar-refractivity contribution is 5.60. The maximum absolute atomic E-state index is 5.87. The number of nitrogen functional groups attached to an aromatic ring is 1. The van der Waals surface area contributed by atoms with Gasteiger partial charge in [-0.25, -0.2) is 9.97 Å². The monoisotopic (exact) mass is 243 g/mol. The standard InChI is InChI=1S/C14H17N3O/c1-4-18-12-7-5-6-11(8-12)14-16-10(3)9(2)13(15)17-14/h5-8H,4H2,1-3H3,(H2,15,16,17). The quantitative estimate of drug-likeness (QED) is 0.900. The maximum Gasteiger partial charge on any atom is 0.161 e. The number of rotatable bonds is 3. The summed E-state index contributed by atoms with van der Waals surface area (Å²) in [5.41, 5.74) is 8.62. The SMILES string of the molecule is CCOc1cccc(-c2nc(C)c(C)c(N)n2)c1. The van der Waals surface area contributed by atoms with Gasteiger partial charge < -0.3 is 10.5 Å². The summed E-state index contributed by atoms with van der Waals surface area (Å²) in [6.45, 7) is 6.45. The van der Waals surface area contributed by atoms with Crippen LogP contribution in [0.15, 0.2) is 24.3 Å². The molecule has 4 heteroatoms. The van der Waals surface area contributed by atoms with Crippen LogP contribution in [0, 0.1) is 13.8 Å². The fraction of sp³-hybridized carbons (Fsp3) is 0.286. The molecular weight excluding hydrogens is 226 g/mol. The second-order valence-corrected chi connectivity index (χ2v) is 4.10. The first-order valence-electron chi connectivity index (χ1n) is 5.95. The fourth-order valence-corrected chi connectivity index (χ4v) is 1.67. The van der Waals surface area contributed by atoms with Crippen LogP contribution in [-0.2, 0) is 0 Å². The smallest absolute Gasteiger partial charge is 0.161 e. The van der Waals surface area contributed by atoms with Crippen molar-refractivity contribution >= 4 is 5.82 Å². The Balaban J connectivity index is 2.45. The number of ether oxygens (including phenoxy) is 1. The lowest BCUT2D eigenvalue weighted by atomic mass is 10.1. The minimum atomic E-state index is 0.527. The molecule has 0 aliphatic rings. The van der Waals surface area contributed by atoms with E-state index >= 15 is 0 Å². The predicted molar refractivity (Wildman–Crippen MR) is 72.5 cm³/mol. The van der Waals surface area contributed by atoms with Gasteiger partial charge >= 0.3 is 0 Å². The van der Waals surface area contributed by atoms with Crippen molar-refractivity contribution in [3.05, 3.63) is 35.5 Å². The average Bonchev–Trinajstić information content (AvgIpc) is 2.36. The summed E-state index contributed by atoms with van der Waals surface area (Å²) < 4.78 is 5.47. The molecule has 2 N–H and O–H groups in total. The van der Waals surface area contributed by atoms with Crippen molar-refractivity contribution in [3.63, 3.8) is 0 Å². The second kappa shape index (κ2) is 5.04. The Morgan fingerprint density at radius 3 is 2.67 bits per heavy atom. The molecule has 2 aromatic rings. The lowest BCUT2D eigenvalue weighted by molar-refractivity contribution is 0.340. The zero-order chi connectivity index (χ0) is 13.1. The van der Waals surface area contributed by atoms with Gasteiger partial charge in [0.05, 0.1) is 6.61 Å². The van der Waals surface area contributed by atoms with Gasteiger partial charge in [0, 0.05) is 16.8 Å². The van der Waals surface area contributed by atoms with Crippen LogP contribution in [0.3, 0.4) is 0 Å². The summed E-state index contributed by atoms with van der Waals surface area (Å²) in [5.74, 6) is 1.98. The second-order valence-electron chi connectivity index (χ2n) is 4.10. The Bertz CT molecular complexity index is 544. The Kier molecular flexibility index (Phi) is 3.46. The summed E-state index contributed by atoms with van der Waals surface area (Å²) in [4.78, 5) is 8.77. The van der Waals surface area contributed by atoms with Crippen molar-refractivity contribution in [2.75, 3.05) is 12.3 Å². The van der Waals surface area contributed by atoms with Crippen LogP contribution in [-0.4, -0.2) is 16.6 Å². The molecule has 0 radical (unpaired) electrons. The van der Waals surface area contributed by atoms with Gasteiger partial charge in [0.15, 0.2) is 5.82 Å². The topological polar surface area (TPSA) is 61.0 Å². The first-order valence-corrected chi connectivity index (χ1v) is 5.95. The molecule has 0 saturated carbocycles. The number of benzene rings is 1. The zero-order valence-corrected chi connectivity index (χ0v) is 10.9. The third-order valence-electron chi connectivity index (χ3n) is 2.83. The summed E-state index contributed by atoms with van der Waals surface area (Å²) in [6.07, 6.45) is 0. The molecule has 18 heavy (non-hydrogen) atoms. The van der Waals surface area contributed by atoms with E-state index in [0.29, 0.717) is 18.2 Å². The first-order chi connectivity index (χ1) is 8.61. The van der Waals surface area contributed by atoms with Crippen molar-refractivity contribution < 1.29 is 4.74 Å². The van der Waals surface area contributed by atoms with E-state index in [9.17, 15) is 0 Å². The highest BCUT2D eigenvalue weighted by Gasteiger charge is 2.08. The van der Waals surface area contributed by atoms with Gasteiger partial charge in [0.1, 0.15) is 11.6 Å². The Labute approximate surface area is 107 Å². The molecule has 1 aromatic carbocycles. The van der Waals surface area contributed by atoms with Crippen molar-refractivity contribution in [2.45, 2.75) is 20.8 Å². The van der Waals surface area contributed by atoms with Crippen LogP contribution in [0.5, 0.6) is 5.75 Å². The molecule has 0 bridgehead atoms. The number of aromatic nitrogens is 2. The van der Waals surface area contributed by atoms with Crippen LogP contribution in [0.25, 0.3) is 11.4 Å². The van der Waals surface area contributed by atoms with E-state index in [1.807, 2.05) is 45.0 Å². The van der Waals surface area contributed by atoms with E-state index in [1.165, 1.54) is 0 Å². The molecule has 0 amide bonds. The third kappa shape index (κ3) is 2.42. The lowest BCUT2D eigenvalue weighted by Gasteiger charge is -2.08. The van der Waals surface area contributed by atoms with Gasteiger partial charge in [0.25, 0.3) is 0 Å². The number of hydrogen-bond acceptors (Lipinski definition) is 4. The molecule has 0 aliphatic heterocycles. The van der Waals surface area contributed by atoms with Crippen molar-refractivity contribution in [1.82, 2.24) is 9.97 Å².